The first kappa shape index (κ1) is 16.5. The normalized spacial score (nSPS) is 13.0. The summed E-state index contributed by atoms with van der Waals surface area (Å²) in [5.41, 5.74) is -2.32. The van der Waals surface area contributed by atoms with Crippen LogP contribution in [0.2, 0.25) is 0 Å². The molecule has 21 heavy (non-hydrogen) atoms. The van der Waals surface area contributed by atoms with Crippen LogP contribution in [0.25, 0.3) is 0 Å². The van der Waals surface area contributed by atoms with Crippen LogP contribution in [0, 0.1) is 3.57 Å². The Morgan fingerprint density at radius 1 is 1.00 bits per heavy atom. The van der Waals surface area contributed by atoms with Crippen LogP contribution in [0.1, 0.15) is 18.5 Å². The van der Waals surface area contributed by atoms with Crippen LogP contribution in [-0.2, 0) is 0 Å². The summed E-state index contributed by atoms with van der Waals surface area (Å²) in [5.74, 6) is 0. The fourth-order valence-electron chi connectivity index (χ4n) is 1.84. The summed E-state index contributed by atoms with van der Waals surface area (Å²) in [6, 6.07) is 14.5. The summed E-state index contributed by atoms with van der Waals surface area (Å²) in [6.07, 6.45) is 0. The highest BCUT2D eigenvalue weighted by molar-refractivity contribution is 14.1. The molecule has 2 rings (SSSR count). The molecule has 112 valence electrons. The number of rotatable bonds is 4. The van der Waals surface area contributed by atoms with E-state index in [9.17, 15) is 13.2 Å². The Labute approximate surface area is 139 Å². The SMILES string of the molecule is CC(Nc1ccc(SC(F)(F)F)cc1)c1ccc(I)cc1. The zero-order chi connectivity index (χ0) is 15.5. The fourth-order valence-corrected chi connectivity index (χ4v) is 2.74. The molecular weight excluding hydrogens is 410 g/mol. The molecule has 0 saturated heterocycles. The highest BCUT2D eigenvalue weighted by Gasteiger charge is 2.28. The number of hydrogen-bond donors (Lipinski definition) is 1. The van der Waals surface area contributed by atoms with Crippen LogP contribution in [0.15, 0.2) is 53.4 Å². The van der Waals surface area contributed by atoms with E-state index >= 15 is 0 Å². The lowest BCUT2D eigenvalue weighted by Gasteiger charge is -2.16. The number of thioether (sulfide) groups is 1. The highest BCUT2D eigenvalue weighted by Crippen LogP contribution is 2.37. The van der Waals surface area contributed by atoms with Crippen molar-refractivity contribution in [3.63, 3.8) is 0 Å². The Balaban J connectivity index is 2.01. The Hall–Kier alpha value is -0.890. The topological polar surface area (TPSA) is 12.0 Å². The van der Waals surface area contributed by atoms with Crippen LogP contribution in [0.4, 0.5) is 18.9 Å². The summed E-state index contributed by atoms with van der Waals surface area (Å²) in [4.78, 5) is 0.190. The predicted octanol–water partition coefficient (Wildman–Crippen LogP) is 6.08. The smallest absolute Gasteiger partial charge is 0.379 e. The van der Waals surface area contributed by atoms with Crippen LogP contribution < -0.4 is 5.32 Å². The van der Waals surface area contributed by atoms with E-state index in [1.807, 2.05) is 31.2 Å². The first-order valence-electron chi connectivity index (χ1n) is 6.21. The lowest BCUT2D eigenvalue weighted by molar-refractivity contribution is -0.0328. The van der Waals surface area contributed by atoms with Gasteiger partial charge in [-0.2, -0.15) is 13.2 Å². The second-order valence-corrected chi connectivity index (χ2v) is 6.87. The van der Waals surface area contributed by atoms with Crippen molar-refractivity contribution in [3.05, 3.63) is 57.7 Å². The second-order valence-electron chi connectivity index (χ2n) is 4.49. The van der Waals surface area contributed by atoms with Gasteiger partial charge in [0.1, 0.15) is 0 Å². The molecule has 0 bridgehead atoms. The minimum absolute atomic E-state index is 0.0862. The summed E-state index contributed by atoms with van der Waals surface area (Å²) in [6.45, 7) is 2.01. The van der Waals surface area contributed by atoms with E-state index in [4.69, 9.17) is 0 Å². The van der Waals surface area contributed by atoms with Crippen LogP contribution in [0.3, 0.4) is 0 Å². The molecule has 1 atom stereocenters. The van der Waals surface area contributed by atoms with Crippen molar-refractivity contribution in [2.24, 2.45) is 0 Å². The molecule has 0 amide bonds. The van der Waals surface area contributed by atoms with Crippen molar-refractivity contribution in [3.8, 4) is 0 Å². The van der Waals surface area contributed by atoms with Gasteiger partial charge in [0.05, 0.1) is 0 Å². The van der Waals surface area contributed by atoms with Gasteiger partial charge in [-0.3, -0.25) is 0 Å². The first-order chi connectivity index (χ1) is 9.83. The molecule has 0 saturated carbocycles. The Morgan fingerprint density at radius 3 is 2.10 bits per heavy atom. The standard InChI is InChI=1S/C15H13F3INS/c1-10(11-2-4-12(19)5-3-11)20-13-6-8-14(9-7-13)21-15(16,17)18/h2-10,20H,1H3. The molecule has 0 aliphatic carbocycles. The van der Waals surface area contributed by atoms with Gasteiger partial charge in [-0.1, -0.05) is 12.1 Å². The zero-order valence-electron chi connectivity index (χ0n) is 11.1. The maximum atomic E-state index is 12.3. The molecule has 0 aliphatic heterocycles. The maximum Gasteiger partial charge on any atom is 0.446 e. The van der Waals surface area contributed by atoms with Crippen molar-refractivity contribution in [2.75, 3.05) is 5.32 Å². The number of benzene rings is 2. The molecule has 0 spiro atoms. The number of hydrogen-bond acceptors (Lipinski definition) is 2. The lowest BCUT2D eigenvalue weighted by Crippen LogP contribution is -2.06. The quantitative estimate of drug-likeness (QED) is 0.473. The highest BCUT2D eigenvalue weighted by atomic mass is 127. The van der Waals surface area contributed by atoms with E-state index in [-0.39, 0.29) is 22.7 Å². The third kappa shape index (κ3) is 5.43. The molecule has 1 nitrogen and oxygen atoms in total. The number of anilines is 1. The Morgan fingerprint density at radius 2 is 1.57 bits per heavy atom. The van der Waals surface area contributed by atoms with Crippen molar-refractivity contribution < 1.29 is 13.2 Å². The zero-order valence-corrected chi connectivity index (χ0v) is 14.1. The molecule has 6 heteroatoms. The van der Waals surface area contributed by atoms with Crippen LogP contribution in [-0.4, -0.2) is 5.51 Å². The molecule has 1 N–H and O–H groups in total. The lowest BCUT2D eigenvalue weighted by atomic mass is 10.1. The largest absolute Gasteiger partial charge is 0.446 e. The minimum Gasteiger partial charge on any atom is -0.379 e. The minimum atomic E-state index is -4.25. The summed E-state index contributed by atoms with van der Waals surface area (Å²) < 4.78 is 37.9. The van der Waals surface area contributed by atoms with Crippen molar-refractivity contribution in [2.45, 2.75) is 23.4 Å². The summed E-state index contributed by atoms with van der Waals surface area (Å²) in [5, 5.41) is 3.27. The van der Waals surface area contributed by atoms with E-state index < -0.39 is 5.51 Å². The van der Waals surface area contributed by atoms with Crippen molar-refractivity contribution in [1.82, 2.24) is 0 Å². The monoisotopic (exact) mass is 423 g/mol. The molecule has 2 aromatic rings. The fraction of sp³-hybridized carbons (Fsp3) is 0.200. The third-order valence-electron chi connectivity index (χ3n) is 2.84. The molecule has 2 aromatic carbocycles. The second kappa shape index (κ2) is 6.91. The molecule has 0 radical (unpaired) electrons. The van der Waals surface area contributed by atoms with Gasteiger partial charge < -0.3 is 5.32 Å². The first-order valence-corrected chi connectivity index (χ1v) is 8.11. The molecular formula is C15H13F3INS. The van der Waals surface area contributed by atoms with Gasteiger partial charge in [0, 0.05) is 20.2 Å². The maximum absolute atomic E-state index is 12.3. The Kier molecular flexibility index (Phi) is 5.43. The van der Waals surface area contributed by atoms with Gasteiger partial charge in [-0.25, -0.2) is 0 Å². The van der Waals surface area contributed by atoms with E-state index in [0.29, 0.717) is 0 Å². The molecule has 0 aromatic heterocycles. The predicted molar refractivity (Wildman–Crippen MR) is 89.6 cm³/mol. The summed E-state index contributed by atoms with van der Waals surface area (Å²) in [7, 11) is 0. The average molecular weight is 423 g/mol. The van der Waals surface area contributed by atoms with E-state index in [0.717, 1.165) is 14.8 Å². The van der Waals surface area contributed by atoms with Crippen LogP contribution >= 0.6 is 34.4 Å². The van der Waals surface area contributed by atoms with Gasteiger partial charge in [-0.15, -0.1) is 0 Å². The van der Waals surface area contributed by atoms with Crippen LogP contribution in [0.5, 0.6) is 0 Å². The van der Waals surface area contributed by atoms with Gasteiger partial charge >= 0.3 is 5.51 Å². The van der Waals surface area contributed by atoms with E-state index in [1.54, 1.807) is 12.1 Å². The average Bonchev–Trinajstić information content (AvgIpc) is 2.40. The molecule has 0 fully saturated rings. The summed E-state index contributed by atoms with van der Waals surface area (Å²) >= 11 is 2.14. The number of alkyl halides is 3. The van der Waals surface area contributed by atoms with Crippen molar-refractivity contribution in [1.29, 1.82) is 0 Å². The Bertz CT molecular complexity index is 581. The van der Waals surface area contributed by atoms with E-state index in [1.165, 1.54) is 12.1 Å². The number of nitrogens with one attached hydrogen (secondary N) is 1. The van der Waals surface area contributed by atoms with Crippen molar-refractivity contribution >= 4 is 40.0 Å². The van der Waals surface area contributed by atoms with Gasteiger partial charge in [0.2, 0.25) is 0 Å². The van der Waals surface area contributed by atoms with Gasteiger partial charge in [0.15, 0.2) is 0 Å². The van der Waals surface area contributed by atoms with Gasteiger partial charge in [0.25, 0.3) is 0 Å². The molecule has 1 unspecified atom stereocenters. The van der Waals surface area contributed by atoms with Gasteiger partial charge in [-0.05, 0) is 83.2 Å². The molecule has 0 heterocycles. The molecule has 0 aliphatic rings. The number of halogens is 4. The third-order valence-corrected chi connectivity index (χ3v) is 4.30. The van der Waals surface area contributed by atoms with E-state index in [2.05, 4.69) is 27.9 Å².